The molecule has 2 aliphatic rings. The van der Waals surface area contributed by atoms with Crippen LogP contribution in [0, 0.1) is 0 Å². The highest BCUT2D eigenvalue weighted by Crippen LogP contribution is 2.27. The van der Waals surface area contributed by atoms with Crippen molar-refractivity contribution in [3.63, 3.8) is 0 Å². The van der Waals surface area contributed by atoms with Gasteiger partial charge < -0.3 is 5.32 Å². The maximum Gasteiger partial charge on any atom is 0.255 e. The number of nitrogens with one attached hydrogen (secondary N) is 1. The largest absolute Gasteiger partial charge is 0.322 e. The number of carbonyl (C=O) groups excluding carboxylic acids is 1. The summed E-state index contributed by atoms with van der Waals surface area (Å²) < 4.78 is 27.9. The van der Waals surface area contributed by atoms with Crippen molar-refractivity contribution in [1.82, 2.24) is 9.21 Å². The van der Waals surface area contributed by atoms with E-state index in [0.29, 0.717) is 5.56 Å². The van der Waals surface area contributed by atoms with E-state index in [0.717, 1.165) is 56.6 Å². The standard InChI is InChI=1S/C25H33N3O3S/c1-27(22-12-3-2-4-13-22)32(30,31)23-14-9-11-20(18-23)25(29)26-24-15-6-5-10-21(24)19-28-16-7-8-17-28/h5-6,9-11,14-15,18,22H,2-4,7-8,12-13,16-17,19H2,1H3,(H,26,29). The molecule has 1 aliphatic heterocycles. The van der Waals surface area contributed by atoms with E-state index in [-0.39, 0.29) is 16.8 Å². The zero-order chi connectivity index (χ0) is 22.6. The summed E-state index contributed by atoms with van der Waals surface area (Å²) in [6, 6.07) is 14.2. The van der Waals surface area contributed by atoms with Crippen molar-refractivity contribution in [2.24, 2.45) is 0 Å². The van der Waals surface area contributed by atoms with Gasteiger partial charge in [-0.05, 0) is 68.6 Å². The highest BCUT2D eigenvalue weighted by atomic mass is 32.2. The van der Waals surface area contributed by atoms with Gasteiger partial charge in [-0.25, -0.2) is 8.42 Å². The average molecular weight is 456 g/mol. The Morgan fingerprint density at radius 2 is 1.72 bits per heavy atom. The zero-order valence-corrected chi connectivity index (χ0v) is 19.6. The molecule has 32 heavy (non-hydrogen) atoms. The number of sulfonamides is 1. The van der Waals surface area contributed by atoms with Crippen LogP contribution in [0.2, 0.25) is 0 Å². The lowest BCUT2D eigenvalue weighted by Crippen LogP contribution is -2.38. The molecule has 0 atom stereocenters. The van der Waals surface area contributed by atoms with E-state index in [2.05, 4.69) is 10.2 Å². The van der Waals surface area contributed by atoms with Gasteiger partial charge in [-0.15, -0.1) is 0 Å². The molecule has 0 unspecified atom stereocenters. The first-order chi connectivity index (χ1) is 15.4. The third kappa shape index (κ3) is 5.22. The predicted octanol–water partition coefficient (Wildman–Crippen LogP) is 4.49. The van der Waals surface area contributed by atoms with E-state index in [1.807, 2.05) is 24.3 Å². The lowest BCUT2D eigenvalue weighted by atomic mass is 9.96. The SMILES string of the molecule is CN(C1CCCCC1)S(=O)(=O)c1cccc(C(=O)Nc2ccccc2CN2CCCC2)c1. The van der Waals surface area contributed by atoms with Crippen molar-refractivity contribution >= 4 is 21.6 Å². The van der Waals surface area contributed by atoms with Gasteiger partial charge in [0.2, 0.25) is 10.0 Å². The molecule has 1 heterocycles. The van der Waals surface area contributed by atoms with Crippen molar-refractivity contribution in [2.45, 2.75) is 62.4 Å². The van der Waals surface area contributed by atoms with Gasteiger partial charge in [0.05, 0.1) is 4.90 Å². The first-order valence-corrected chi connectivity index (χ1v) is 13.1. The number of para-hydroxylation sites is 1. The number of carbonyl (C=O) groups is 1. The smallest absolute Gasteiger partial charge is 0.255 e. The van der Waals surface area contributed by atoms with E-state index in [4.69, 9.17) is 0 Å². The van der Waals surface area contributed by atoms with Crippen LogP contribution >= 0.6 is 0 Å². The summed E-state index contributed by atoms with van der Waals surface area (Å²) in [5, 5.41) is 3.00. The molecule has 1 saturated carbocycles. The molecule has 4 rings (SSSR count). The van der Waals surface area contributed by atoms with Crippen LogP contribution in [0.25, 0.3) is 0 Å². The topological polar surface area (TPSA) is 69.7 Å². The molecule has 2 aromatic rings. The molecule has 0 radical (unpaired) electrons. The number of benzene rings is 2. The maximum absolute atomic E-state index is 13.2. The Hall–Kier alpha value is -2.22. The predicted molar refractivity (Wildman–Crippen MR) is 127 cm³/mol. The molecule has 7 heteroatoms. The van der Waals surface area contributed by atoms with Gasteiger partial charge >= 0.3 is 0 Å². The third-order valence-electron chi connectivity index (χ3n) is 6.72. The van der Waals surface area contributed by atoms with Crippen molar-refractivity contribution in [3.8, 4) is 0 Å². The summed E-state index contributed by atoms with van der Waals surface area (Å²) in [5.41, 5.74) is 2.19. The minimum atomic E-state index is -3.64. The first kappa shape index (κ1) is 23.0. The fourth-order valence-electron chi connectivity index (χ4n) is 4.76. The summed E-state index contributed by atoms with van der Waals surface area (Å²) in [5.74, 6) is -0.295. The molecule has 2 aromatic carbocycles. The Kier molecular flexibility index (Phi) is 7.28. The summed E-state index contributed by atoms with van der Waals surface area (Å²) in [6.07, 6.45) is 7.50. The quantitative estimate of drug-likeness (QED) is 0.668. The minimum absolute atomic E-state index is 0.0312. The molecule has 172 valence electrons. The second-order valence-corrected chi connectivity index (χ2v) is 10.9. The van der Waals surface area contributed by atoms with Crippen LogP contribution < -0.4 is 5.32 Å². The number of rotatable bonds is 7. The molecule has 0 spiro atoms. The summed E-state index contributed by atoms with van der Waals surface area (Å²) in [7, 11) is -1.99. The number of hydrogen-bond donors (Lipinski definition) is 1. The molecule has 6 nitrogen and oxygen atoms in total. The van der Waals surface area contributed by atoms with Crippen molar-refractivity contribution in [1.29, 1.82) is 0 Å². The lowest BCUT2D eigenvalue weighted by Gasteiger charge is -2.30. The second kappa shape index (κ2) is 10.1. The van der Waals surface area contributed by atoms with Gasteiger partial charge in [0.1, 0.15) is 0 Å². The van der Waals surface area contributed by atoms with E-state index in [1.165, 1.54) is 29.6 Å². The molecule has 1 amide bonds. The van der Waals surface area contributed by atoms with E-state index < -0.39 is 10.0 Å². The van der Waals surface area contributed by atoms with E-state index in [9.17, 15) is 13.2 Å². The monoisotopic (exact) mass is 455 g/mol. The van der Waals surface area contributed by atoms with Crippen molar-refractivity contribution in [2.75, 3.05) is 25.5 Å². The highest BCUT2D eigenvalue weighted by Gasteiger charge is 2.29. The summed E-state index contributed by atoms with van der Waals surface area (Å²) in [6.45, 7) is 2.96. The van der Waals surface area contributed by atoms with Crippen molar-refractivity contribution < 1.29 is 13.2 Å². The Balaban J connectivity index is 1.50. The van der Waals surface area contributed by atoms with Crippen LogP contribution in [0.4, 0.5) is 5.69 Å². The minimum Gasteiger partial charge on any atom is -0.322 e. The molecule has 2 fully saturated rings. The van der Waals surface area contributed by atoms with Crippen LogP contribution in [0.5, 0.6) is 0 Å². The Labute approximate surface area is 191 Å². The Bertz CT molecular complexity index is 1040. The number of anilines is 1. The van der Waals surface area contributed by atoms with Gasteiger partial charge in [-0.2, -0.15) is 4.31 Å². The molecule has 0 bridgehead atoms. The first-order valence-electron chi connectivity index (χ1n) is 11.6. The van der Waals surface area contributed by atoms with Crippen LogP contribution in [0.15, 0.2) is 53.4 Å². The third-order valence-corrected chi connectivity index (χ3v) is 8.63. The fraction of sp³-hybridized carbons (Fsp3) is 0.480. The Morgan fingerprint density at radius 3 is 2.47 bits per heavy atom. The zero-order valence-electron chi connectivity index (χ0n) is 18.8. The molecule has 1 saturated heterocycles. The number of hydrogen-bond acceptors (Lipinski definition) is 4. The average Bonchev–Trinajstić information content (AvgIpc) is 3.33. The van der Waals surface area contributed by atoms with Crippen LogP contribution in [-0.2, 0) is 16.6 Å². The van der Waals surface area contributed by atoms with Crippen LogP contribution in [0.3, 0.4) is 0 Å². The van der Waals surface area contributed by atoms with Gasteiger partial charge in [-0.3, -0.25) is 9.69 Å². The number of amides is 1. The molecule has 1 aliphatic carbocycles. The lowest BCUT2D eigenvalue weighted by molar-refractivity contribution is 0.102. The fourth-order valence-corrected chi connectivity index (χ4v) is 6.22. The van der Waals surface area contributed by atoms with E-state index >= 15 is 0 Å². The summed E-state index contributed by atoms with van der Waals surface area (Å²) in [4.78, 5) is 15.6. The molecular weight excluding hydrogens is 422 g/mol. The maximum atomic E-state index is 13.2. The second-order valence-electron chi connectivity index (χ2n) is 8.94. The van der Waals surface area contributed by atoms with Crippen molar-refractivity contribution in [3.05, 3.63) is 59.7 Å². The number of nitrogens with zero attached hydrogens (tertiary/aromatic N) is 2. The molecule has 1 N–H and O–H groups in total. The molecular formula is C25H33N3O3S. The van der Waals surface area contributed by atoms with Crippen LogP contribution in [0.1, 0.15) is 60.9 Å². The van der Waals surface area contributed by atoms with Gasteiger partial charge in [0, 0.05) is 30.9 Å². The van der Waals surface area contributed by atoms with E-state index in [1.54, 1.807) is 25.2 Å². The highest BCUT2D eigenvalue weighted by molar-refractivity contribution is 7.89. The van der Waals surface area contributed by atoms with Gasteiger partial charge in [0.25, 0.3) is 5.91 Å². The number of likely N-dealkylation sites (tertiary alicyclic amines) is 1. The van der Waals surface area contributed by atoms with Gasteiger partial charge in [0.15, 0.2) is 0 Å². The molecule has 0 aromatic heterocycles. The summed E-state index contributed by atoms with van der Waals surface area (Å²) >= 11 is 0. The van der Waals surface area contributed by atoms with Crippen LogP contribution in [-0.4, -0.2) is 49.7 Å². The van der Waals surface area contributed by atoms with Gasteiger partial charge in [-0.1, -0.05) is 43.5 Å². The Morgan fingerprint density at radius 1 is 1.00 bits per heavy atom. The normalized spacial score (nSPS) is 18.2.